The molecule has 0 aromatic heterocycles. The highest BCUT2D eigenvalue weighted by atomic mass is 19.4. The first-order valence-corrected chi connectivity index (χ1v) is 5.48. The smallest absolute Gasteiger partial charge is 0.406 e. The van der Waals surface area contributed by atoms with Gasteiger partial charge in [-0.1, -0.05) is 6.07 Å². The summed E-state index contributed by atoms with van der Waals surface area (Å²) in [6.45, 7) is 0.608. The van der Waals surface area contributed by atoms with Crippen molar-refractivity contribution < 1.29 is 17.9 Å². The van der Waals surface area contributed by atoms with E-state index >= 15 is 0 Å². The molecule has 3 nitrogen and oxygen atoms in total. The Hall–Kier alpha value is -1.90. The minimum absolute atomic E-state index is 0.246. The molecular weight excluding hydrogens is 245 g/mol. The highest BCUT2D eigenvalue weighted by molar-refractivity contribution is 5.48. The minimum atomic E-state index is -4.68. The van der Waals surface area contributed by atoms with Gasteiger partial charge in [0.25, 0.3) is 0 Å². The molecule has 0 spiro atoms. The Morgan fingerprint density at radius 2 is 2.06 bits per heavy atom. The lowest BCUT2D eigenvalue weighted by molar-refractivity contribution is -0.274. The number of ether oxygens (including phenoxy) is 1. The fourth-order valence-electron chi connectivity index (χ4n) is 1.36. The predicted molar refractivity (Wildman–Crippen MR) is 61.1 cm³/mol. The Bertz CT molecular complexity index is 413. The molecule has 0 fully saturated rings. The highest BCUT2D eigenvalue weighted by Gasteiger charge is 2.31. The normalized spacial score (nSPS) is 10.8. The van der Waals surface area contributed by atoms with E-state index < -0.39 is 6.36 Å². The van der Waals surface area contributed by atoms with Crippen LogP contribution in [0.2, 0.25) is 0 Å². The molecule has 0 heterocycles. The quantitative estimate of drug-likeness (QED) is 0.791. The molecule has 1 aromatic rings. The van der Waals surface area contributed by atoms with Gasteiger partial charge in [-0.3, -0.25) is 0 Å². The lowest BCUT2D eigenvalue weighted by Crippen LogP contribution is -2.17. The number of hydrogen-bond donors (Lipinski definition) is 1. The van der Waals surface area contributed by atoms with Gasteiger partial charge in [0.2, 0.25) is 0 Å². The molecule has 0 unspecified atom stereocenters. The summed E-state index contributed by atoms with van der Waals surface area (Å²) in [7, 11) is 0. The highest BCUT2D eigenvalue weighted by Crippen LogP contribution is 2.24. The fraction of sp³-hybridized carbons (Fsp3) is 0.417. The lowest BCUT2D eigenvalue weighted by Gasteiger charge is -2.11. The molecular formula is C12H13F3N2O. The number of hydrogen-bond acceptors (Lipinski definition) is 3. The number of nitrogens with zero attached hydrogens (tertiary/aromatic N) is 1. The summed E-state index contributed by atoms with van der Waals surface area (Å²) in [5.74, 6) is -0.246. The number of halogens is 3. The van der Waals surface area contributed by atoms with Crippen LogP contribution >= 0.6 is 0 Å². The first-order valence-electron chi connectivity index (χ1n) is 5.48. The van der Waals surface area contributed by atoms with Crippen LogP contribution in [-0.4, -0.2) is 12.9 Å². The molecule has 0 bridgehead atoms. The molecule has 1 N–H and O–H groups in total. The lowest BCUT2D eigenvalue weighted by atomic mass is 10.2. The summed E-state index contributed by atoms with van der Waals surface area (Å²) in [6.07, 6.45) is -2.63. The van der Waals surface area contributed by atoms with Crippen molar-refractivity contribution in [2.24, 2.45) is 0 Å². The van der Waals surface area contributed by atoms with Gasteiger partial charge in [-0.05, 0) is 25.0 Å². The maximum absolute atomic E-state index is 12.0. The van der Waals surface area contributed by atoms with Crippen molar-refractivity contribution in [2.75, 3.05) is 11.9 Å². The van der Waals surface area contributed by atoms with E-state index in [2.05, 4.69) is 10.1 Å². The first-order chi connectivity index (χ1) is 8.51. The maximum atomic E-state index is 12.0. The Morgan fingerprint density at radius 1 is 1.28 bits per heavy atom. The van der Waals surface area contributed by atoms with Gasteiger partial charge in [0, 0.05) is 24.7 Å². The summed E-state index contributed by atoms with van der Waals surface area (Å²) in [6, 6.07) is 7.71. The van der Waals surface area contributed by atoms with E-state index in [-0.39, 0.29) is 5.75 Å². The van der Waals surface area contributed by atoms with Crippen LogP contribution in [0.15, 0.2) is 24.3 Å². The van der Waals surface area contributed by atoms with Gasteiger partial charge >= 0.3 is 6.36 Å². The van der Waals surface area contributed by atoms with Crippen molar-refractivity contribution in [1.29, 1.82) is 5.26 Å². The first kappa shape index (κ1) is 14.2. The Morgan fingerprint density at radius 3 is 2.72 bits per heavy atom. The Labute approximate surface area is 103 Å². The van der Waals surface area contributed by atoms with Crippen LogP contribution in [-0.2, 0) is 0 Å². The van der Waals surface area contributed by atoms with Crippen molar-refractivity contribution in [3.63, 3.8) is 0 Å². The Kier molecular flexibility index (Phi) is 5.31. The van der Waals surface area contributed by atoms with Crippen LogP contribution in [0.3, 0.4) is 0 Å². The van der Waals surface area contributed by atoms with Crippen LogP contribution < -0.4 is 10.1 Å². The molecule has 18 heavy (non-hydrogen) atoms. The van der Waals surface area contributed by atoms with Gasteiger partial charge in [0.05, 0.1) is 6.07 Å². The summed E-state index contributed by atoms with van der Waals surface area (Å²) in [5, 5.41) is 11.3. The molecule has 0 aliphatic heterocycles. The molecule has 0 aliphatic rings. The zero-order chi connectivity index (χ0) is 13.4. The molecule has 98 valence electrons. The summed E-state index contributed by atoms with van der Waals surface area (Å²) < 4.78 is 39.8. The van der Waals surface area contributed by atoms with Crippen molar-refractivity contribution in [3.05, 3.63) is 24.3 Å². The van der Waals surface area contributed by atoms with Crippen LogP contribution in [0, 0.1) is 11.3 Å². The van der Waals surface area contributed by atoms with Crippen molar-refractivity contribution in [2.45, 2.75) is 25.6 Å². The monoisotopic (exact) mass is 258 g/mol. The standard InChI is InChI=1S/C12H13F3N2O/c13-12(14,15)18-11-6-4-5-10(9-11)17-8-3-1-2-7-16/h4-6,9,17H,1-3,8H2. The summed E-state index contributed by atoms with van der Waals surface area (Å²) in [4.78, 5) is 0. The molecule has 0 saturated heterocycles. The molecule has 0 saturated carbocycles. The number of unbranched alkanes of at least 4 members (excludes halogenated alkanes) is 2. The van der Waals surface area contributed by atoms with Gasteiger partial charge in [-0.25, -0.2) is 0 Å². The second-order valence-corrected chi connectivity index (χ2v) is 3.62. The van der Waals surface area contributed by atoms with Crippen LogP contribution in [0.1, 0.15) is 19.3 Å². The second-order valence-electron chi connectivity index (χ2n) is 3.62. The van der Waals surface area contributed by atoms with E-state index in [4.69, 9.17) is 5.26 Å². The molecule has 6 heteroatoms. The molecule has 0 amide bonds. The van der Waals surface area contributed by atoms with Crippen molar-refractivity contribution >= 4 is 5.69 Å². The molecule has 1 rings (SSSR count). The van der Waals surface area contributed by atoms with Gasteiger partial charge in [0.1, 0.15) is 5.75 Å². The van der Waals surface area contributed by atoms with E-state index in [1.807, 2.05) is 6.07 Å². The van der Waals surface area contributed by atoms with Gasteiger partial charge in [0.15, 0.2) is 0 Å². The third-order valence-corrected chi connectivity index (χ3v) is 2.11. The summed E-state index contributed by atoms with van der Waals surface area (Å²) in [5.41, 5.74) is 0.564. The number of benzene rings is 1. The molecule has 0 aliphatic carbocycles. The van der Waals surface area contributed by atoms with E-state index in [0.29, 0.717) is 18.7 Å². The number of alkyl halides is 3. The summed E-state index contributed by atoms with van der Waals surface area (Å²) >= 11 is 0. The van der Waals surface area contributed by atoms with E-state index in [1.165, 1.54) is 18.2 Å². The van der Waals surface area contributed by atoms with Gasteiger partial charge < -0.3 is 10.1 Å². The third kappa shape index (κ3) is 5.99. The van der Waals surface area contributed by atoms with Crippen LogP contribution in [0.5, 0.6) is 5.75 Å². The molecule has 0 radical (unpaired) electrons. The predicted octanol–water partition coefficient (Wildman–Crippen LogP) is 3.69. The number of rotatable bonds is 6. The SMILES string of the molecule is N#CCCCCNc1cccc(OC(F)(F)F)c1. The minimum Gasteiger partial charge on any atom is -0.406 e. The third-order valence-electron chi connectivity index (χ3n) is 2.11. The van der Waals surface area contributed by atoms with Crippen LogP contribution in [0.25, 0.3) is 0 Å². The second kappa shape index (κ2) is 6.74. The number of anilines is 1. The average Bonchev–Trinajstić information content (AvgIpc) is 2.27. The fourth-order valence-corrected chi connectivity index (χ4v) is 1.36. The van der Waals surface area contributed by atoms with Gasteiger partial charge in [-0.15, -0.1) is 13.2 Å². The topological polar surface area (TPSA) is 45.0 Å². The zero-order valence-corrected chi connectivity index (χ0v) is 9.63. The van der Waals surface area contributed by atoms with E-state index in [1.54, 1.807) is 6.07 Å². The van der Waals surface area contributed by atoms with Gasteiger partial charge in [-0.2, -0.15) is 5.26 Å². The van der Waals surface area contributed by atoms with E-state index in [0.717, 1.165) is 12.8 Å². The van der Waals surface area contributed by atoms with E-state index in [9.17, 15) is 13.2 Å². The molecule has 0 atom stereocenters. The van der Waals surface area contributed by atoms with Crippen LogP contribution in [0.4, 0.5) is 18.9 Å². The average molecular weight is 258 g/mol. The number of nitrogens with one attached hydrogen (secondary N) is 1. The number of nitriles is 1. The molecule has 1 aromatic carbocycles. The maximum Gasteiger partial charge on any atom is 0.573 e. The zero-order valence-electron chi connectivity index (χ0n) is 9.63. The van der Waals surface area contributed by atoms with Crippen molar-refractivity contribution in [3.8, 4) is 11.8 Å². The largest absolute Gasteiger partial charge is 0.573 e. The van der Waals surface area contributed by atoms with Crippen molar-refractivity contribution in [1.82, 2.24) is 0 Å². The Balaban J connectivity index is 2.42.